The van der Waals surface area contributed by atoms with E-state index in [0.717, 1.165) is 28.1 Å². The Labute approximate surface area is 169 Å². The van der Waals surface area contributed by atoms with E-state index >= 15 is 0 Å². The van der Waals surface area contributed by atoms with Gasteiger partial charge in [-0.2, -0.15) is 0 Å². The number of aromatic nitrogens is 2. The summed E-state index contributed by atoms with van der Waals surface area (Å²) in [5, 5.41) is 15.8. The molecule has 2 aromatic heterocycles. The van der Waals surface area contributed by atoms with Gasteiger partial charge in [0.1, 0.15) is 0 Å². The van der Waals surface area contributed by atoms with Crippen molar-refractivity contribution in [2.45, 2.75) is 11.8 Å². The van der Waals surface area contributed by atoms with Crippen molar-refractivity contribution in [1.29, 1.82) is 0 Å². The van der Waals surface area contributed by atoms with Crippen LogP contribution in [0.4, 0.5) is 0 Å². The summed E-state index contributed by atoms with van der Waals surface area (Å²) in [5.74, 6) is 0. The molecule has 0 amide bonds. The molecule has 0 fully saturated rings. The number of nitrogens with zero attached hydrogens (tertiary/aromatic N) is 2. The van der Waals surface area contributed by atoms with Gasteiger partial charge in [0, 0.05) is 35.5 Å². The van der Waals surface area contributed by atoms with Crippen molar-refractivity contribution < 1.29 is 18.6 Å². The van der Waals surface area contributed by atoms with E-state index in [9.17, 15) is 8.42 Å². The van der Waals surface area contributed by atoms with Crippen molar-refractivity contribution in [2.75, 3.05) is 19.5 Å². The zero-order valence-corrected chi connectivity index (χ0v) is 17.1. The molecule has 0 aliphatic heterocycles. The minimum atomic E-state index is -3.23. The van der Waals surface area contributed by atoms with Gasteiger partial charge < -0.3 is 10.2 Å². The fourth-order valence-electron chi connectivity index (χ4n) is 2.38. The molecule has 0 saturated heterocycles. The number of aliphatic hydroxyl groups excluding tert-OH is 2. The second-order valence-corrected chi connectivity index (χ2v) is 8.43. The molecule has 3 rings (SSSR count). The summed E-state index contributed by atoms with van der Waals surface area (Å²) in [7, 11) is -3.23. The third-order valence-electron chi connectivity index (χ3n) is 3.73. The third kappa shape index (κ3) is 5.84. The lowest BCUT2D eigenvalue weighted by atomic mass is 10.0. The van der Waals surface area contributed by atoms with E-state index in [-0.39, 0.29) is 18.1 Å². The van der Waals surface area contributed by atoms with Crippen LogP contribution in [-0.2, 0) is 9.84 Å². The van der Waals surface area contributed by atoms with Gasteiger partial charge in [-0.25, -0.2) is 8.42 Å². The van der Waals surface area contributed by atoms with Crippen molar-refractivity contribution in [3.8, 4) is 22.4 Å². The first-order valence-electron chi connectivity index (χ1n) is 8.37. The quantitative estimate of drug-likeness (QED) is 0.672. The molecule has 0 spiro atoms. The van der Waals surface area contributed by atoms with E-state index in [2.05, 4.69) is 9.97 Å². The van der Waals surface area contributed by atoms with Crippen molar-refractivity contribution in [1.82, 2.24) is 9.97 Å². The molecule has 2 heterocycles. The number of benzene rings is 1. The normalized spacial score (nSPS) is 10.9. The van der Waals surface area contributed by atoms with E-state index in [0.29, 0.717) is 5.02 Å². The number of aliphatic hydroxyl groups is 2. The van der Waals surface area contributed by atoms with Gasteiger partial charge in [0.15, 0.2) is 9.84 Å². The molecule has 0 saturated carbocycles. The highest BCUT2D eigenvalue weighted by molar-refractivity contribution is 7.90. The number of hydrogen-bond donors (Lipinski definition) is 2. The number of pyridine rings is 2. The van der Waals surface area contributed by atoms with Gasteiger partial charge in [-0.1, -0.05) is 23.7 Å². The van der Waals surface area contributed by atoms with Crippen LogP contribution in [0.2, 0.25) is 5.02 Å². The van der Waals surface area contributed by atoms with Crippen LogP contribution >= 0.6 is 11.6 Å². The van der Waals surface area contributed by atoms with E-state index in [1.54, 1.807) is 36.7 Å². The number of aryl methyl sites for hydroxylation is 1. The van der Waals surface area contributed by atoms with Gasteiger partial charge in [0.05, 0.1) is 28.8 Å². The lowest BCUT2D eigenvalue weighted by Crippen LogP contribution is -1.97. The number of halogens is 1. The molecule has 0 bridgehead atoms. The van der Waals surface area contributed by atoms with Crippen LogP contribution < -0.4 is 0 Å². The minimum absolute atomic E-state index is 0.125. The predicted molar refractivity (Wildman–Crippen MR) is 110 cm³/mol. The van der Waals surface area contributed by atoms with Crippen molar-refractivity contribution in [3.05, 3.63) is 65.6 Å². The van der Waals surface area contributed by atoms with E-state index in [4.69, 9.17) is 21.8 Å². The second-order valence-electron chi connectivity index (χ2n) is 5.98. The van der Waals surface area contributed by atoms with E-state index in [1.807, 2.05) is 25.1 Å². The largest absolute Gasteiger partial charge is 0.394 e. The molecule has 6 nitrogen and oxygen atoms in total. The Bertz CT molecular complexity index is 1020. The molecule has 1 aromatic carbocycles. The van der Waals surface area contributed by atoms with Gasteiger partial charge >= 0.3 is 0 Å². The Kier molecular flexibility index (Phi) is 7.65. The smallest absolute Gasteiger partial charge is 0.175 e. The zero-order valence-electron chi connectivity index (χ0n) is 15.5. The predicted octanol–water partition coefficient (Wildman–Crippen LogP) is 3.15. The van der Waals surface area contributed by atoms with Gasteiger partial charge in [-0.3, -0.25) is 9.97 Å². The van der Waals surface area contributed by atoms with Crippen LogP contribution in [-0.4, -0.2) is 48.1 Å². The molecule has 0 aliphatic carbocycles. The van der Waals surface area contributed by atoms with Crippen molar-refractivity contribution >= 4 is 21.4 Å². The van der Waals surface area contributed by atoms with Crippen molar-refractivity contribution in [3.63, 3.8) is 0 Å². The maximum atomic E-state index is 11.6. The SMILES string of the molecule is Cc1ccc(-c2ncc(Cl)cc2-c2ccc(S(C)(=O)=O)cc2)cn1.OCCO. The Balaban J connectivity index is 0.000000640. The molecule has 0 aliphatic rings. The first-order chi connectivity index (χ1) is 13.3. The number of sulfone groups is 1. The molecular formula is C20H21ClN2O4S. The summed E-state index contributed by atoms with van der Waals surface area (Å²) in [6, 6.07) is 12.4. The van der Waals surface area contributed by atoms with E-state index < -0.39 is 9.84 Å². The molecular weight excluding hydrogens is 400 g/mol. The molecule has 8 heteroatoms. The molecule has 0 unspecified atom stereocenters. The first-order valence-corrected chi connectivity index (χ1v) is 10.6. The molecule has 0 atom stereocenters. The molecule has 0 radical (unpaired) electrons. The Morgan fingerprint density at radius 2 is 1.54 bits per heavy atom. The topological polar surface area (TPSA) is 100 Å². The zero-order chi connectivity index (χ0) is 20.7. The highest BCUT2D eigenvalue weighted by Gasteiger charge is 2.12. The lowest BCUT2D eigenvalue weighted by molar-refractivity contribution is 0.186. The Hall–Kier alpha value is -2.32. The molecule has 148 valence electrons. The fourth-order valence-corrected chi connectivity index (χ4v) is 3.17. The summed E-state index contributed by atoms with van der Waals surface area (Å²) in [4.78, 5) is 9.02. The minimum Gasteiger partial charge on any atom is -0.394 e. The lowest BCUT2D eigenvalue weighted by Gasteiger charge is -2.10. The van der Waals surface area contributed by atoms with E-state index in [1.165, 1.54) is 6.26 Å². The van der Waals surface area contributed by atoms with Crippen LogP contribution in [0.3, 0.4) is 0 Å². The molecule has 3 aromatic rings. The highest BCUT2D eigenvalue weighted by atomic mass is 35.5. The third-order valence-corrected chi connectivity index (χ3v) is 5.07. The summed E-state index contributed by atoms with van der Waals surface area (Å²) in [6.45, 7) is 1.67. The molecule has 2 N–H and O–H groups in total. The second kappa shape index (κ2) is 9.75. The Morgan fingerprint density at radius 1 is 0.929 bits per heavy atom. The first kappa shape index (κ1) is 22.0. The fraction of sp³-hybridized carbons (Fsp3) is 0.200. The van der Waals surface area contributed by atoms with Crippen molar-refractivity contribution in [2.24, 2.45) is 0 Å². The summed E-state index contributed by atoms with van der Waals surface area (Å²) in [6.07, 6.45) is 4.54. The van der Waals surface area contributed by atoms with Crippen LogP contribution in [0.5, 0.6) is 0 Å². The van der Waals surface area contributed by atoms with Gasteiger partial charge in [-0.15, -0.1) is 0 Å². The monoisotopic (exact) mass is 420 g/mol. The summed E-state index contributed by atoms with van der Waals surface area (Å²) < 4.78 is 23.2. The highest BCUT2D eigenvalue weighted by Crippen LogP contribution is 2.32. The van der Waals surface area contributed by atoms with Gasteiger partial charge in [-0.05, 0) is 42.8 Å². The summed E-state index contributed by atoms with van der Waals surface area (Å²) in [5.41, 5.74) is 4.21. The van der Waals surface area contributed by atoms with Crippen LogP contribution in [0, 0.1) is 6.92 Å². The standard InChI is InChI=1S/C18H15ClN2O2S.C2H6O2/c1-12-3-4-14(10-20-12)18-17(9-15(19)11-21-18)13-5-7-16(8-6-13)24(2,22)23;3-1-2-4/h3-11H,1-2H3;3-4H,1-2H2. The number of hydrogen-bond acceptors (Lipinski definition) is 6. The van der Waals surface area contributed by atoms with Crippen LogP contribution in [0.25, 0.3) is 22.4 Å². The number of rotatable bonds is 4. The van der Waals surface area contributed by atoms with Gasteiger partial charge in [0.2, 0.25) is 0 Å². The van der Waals surface area contributed by atoms with Crippen LogP contribution in [0.15, 0.2) is 59.8 Å². The summed E-state index contributed by atoms with van der Waals surface area (Å²) >= 11 is 6.11. The maximum Gasteiger partial charge on any atom is 0.175 e. The Morgan fingerprint density at radius 3 is 2.04 bits per heavy atom. The maximum absolute atomic E-state index is 11.6. The van der Waals surface area contributed by atoms with Crippen LogP contribution in [0.1, 0.15) is 5.69 Å². The average Bonchev–Trinajstić information content (AvgIpc) is 2.68. The molecule has 28 heavy (non-hydrogen) atoms. The van der Waals surface area contributed by atoms with Gasteiger partial charge in [0.25, 0.3) is 0 Å². The average molecular weight is 421 g/mol.